The minimum absolute atomic E-state index is 0.435. The maximum atomic E-state index is 14.7. The maximum Gasteiger partial charge on any atom is 0.360 e. The number of hydrogen-bond donors (Lipinski definition) is 0. The smallest absolute Gasteiger partial charge is 0.360 e. The second-order valence-electron chi connectivity index (χ2n) is 6.31. The molecule has 19 heavy (non-hydrogen) atoms. The summed E-state index contributed by atoms with van der Waals surface area (Å²) in [5.74, 6) is 0.888. The van der Waals surface area contributed by atoms with Crippen LogP contribution in [0.15, 0.2) is 25.7 Å². The van der Waals surface area contributed by atoms with E-state index in [1.165, 1.54) is 12.5 Å². The fourth-order valence-corrected chi connectivity index (χ4v) is 4.66. The van der Waals surface area contributed by atoms with E-state index in [1.807, 2.05) is 0 Å². The Hall–Kier alpha value is -1.03. The van der Waals surface area contributed by atoms with Gasteiger partial charge < -0.3 is 14.2 Å². The fourth-order valence-electron chi connectivity index (χ4n) is 4.66. The van der Waals surface area contributed by atoms with Gasteiger partial charge in [0.15, 0.2) is 0 Å². The van der Waals surface area contributed by atoms with Crippen molar-refractivity contribution >= 4 is 0 Å². The lowest BCUT2D eigenvalue weighted by Gasteiger charge is -2.58. The first-order valence-corrected chi connectivity index (χ1v) is 6.96. The quantitative estimate of drug-likeness (QED) is 0.543. The third-order valence-electron chi connectivity index (χ3n) is 4.70. The van der Waals surface area contributed by atoms with Crippen molar-refractivity contribution in [1.82, 2.24) is 0 Å². The molecular formula is C15H21FO3. The van der Waals surface area contributed by atoms with Gasteiger partial charge in [-0.2, -0.15) is 0 Å². The first-order chi connectivity index (χ1) is 9.06. The lowest BCUT2D eigenvalue weighted by molar-refractivity contribution is -0.324. The van der Waals surface area contributed by atoms with Crippen LogP contribution in [0.2, 0.25) is 0 Å². The molecule has 2 atom stereocenters. The van der Waals surface area contributed by atoms with Gasteiger partial charge in [0, 0.05) is 6.42 Å². The number of rotatable bonds is 6. The number of hydrogen-bond acceptors (Lipinski definition) is 3. The highest BCUT2D eigenvalue weighted by atomic mass is 19.1. The van der Waals surface area contributed by atoms with Crippen LogP contribution in [-0.4, -0.2) is 17.7 Å². The maximum absolute atomic E-state index is 14.7. The molecule has 0 heterocycles. The summed E-state index contributed by atoms with van der Waals surface area (Å²) in [6.07, 6.45) is 7.38. The van der Waals surface area contributed by atoms with Crippen molar-refractivity contribution in [3.8, 4) is 0 Å². The largest absolute Gasteiger partial charge is 0.441 e. The molecule has 4 fully saturated rings. The Morgan fingerprint density at radius 1 is 1.05 bits per heavy atom. The molecule has 0 aliphatic heterocycles. The van der Waals surface area contributed by atoms with Crippen LogP contribution >= 0.6 is 0 Å². The SMILES string of the molecule is C=COC(OC=C)OC12CC3CC(CC(F)(C3)C1)C2. The molecule has 4 rings (SSSR count). The molecule has 0 spiro atoms. The molecule has 0 N–H and O–H groups in total. The molecule has 0 amide bonds. The third kappa shape index (κ3) is 2.38. The molecule has 4 bridgehead atoms. The van der Waals surface area contributed by atoms with E-state index in [9.17, 15) is 4.39 Å². The predicted octanol–water partition coefficient (Wildman–Crippen LogP) is 3.67. The normalized spacial score (nSPS) is 43.3. The minimum atomic E-state index is -1.04. The summed E-state index contributed by atoms with van der Waals surface area (Å²) in [6, 6.07) is 0. The van der Waals surface area contributed by atoms with E-state index < -0.39 is 17.7 Å². The summed E-state index contributed by atoms with van der Waals surface area (Å²) in [6.45, 7) is 6.13. The summed E-state index contributed by atoms with van der Waals surface area (Å²) in [5.41, 5.74) is -1.48. The zero-order valence-electron chi connectivity index (χ0n) is 11.1. The highest BCUT2D eigenvalue weighted by Crippen LogP contribution is 2.60. The molecule has 4 saturated carbocycles. The van der Waals surface area contributed by atoms with Crippen molar-refractivity contribution in [3.63, 3.8) is 0 Å². The summed E-state index contributed by atoms with van der Waals surface area (Å²) >= 11 is 0. The summed E-state index contributed by atoms with van der Waals surface area (Å²) in [5, 5.41) is 0. The van der Waals surface area contributed by atoms with Crippen LogP contribution < -0.4 is 0 Å². The molecular weight excluding hydrogens is 247 g/mol. The lowest BCUT2D eigenvalue weighted by Crippen LogP contribution is -2.59. The number of halogens is 1. The topological polar surface area (TPSA) is 27.7 Å². The monoisotopic (exact) mass is 268 g/mol. The van der Waals surface area contributed by atoms with Gasteiger partial charge in [-0.15, -0.1) is 0 Å². The first-order valence-electron chi connectivity index (χ1n) is 6.96. The molecule has 3 nitrogen and oxygen atoms in total. The van der Waals surface area contributed by atoms with E-state index in [2.05, 4.69) is 13.2 Å². The fraction of sp³-hybridized carbons (Fsp3) is 0.733. The van der Waals surface area contributed by atoms with Gasteiger partial charge in [0.05, 0.1) is 18.1 Å². The molecule has 106 valence electrons. The van der Waals surface area contributed by atoms with Gasteiger partial charge >= 0.3 is 6.48 Å². The van der Waals surface area contributed by atoms with Crippen LogP contribution in [-0.2, 0) is 14.2 Å². The molecule has 4 aliphatic carbocycles. The van der Waals surface area contributed by atoms with Gasteiger partial charge in [-0.1, -0.05) is 13.2 Å². The van der Waals surface area contributed by atoms with Gasteiger partial charge in [0.2, 0.25) is 0 Å². The van der Waals surface area contributed by atoms with Gasteiger partial charge in [-0.25, -0.2) is 4.39 Å². The molecule has 0 aromatic carbocycles. The van der Waals surface area contributed by atoms with Gasteiger partial charge in [0.25, 0.3) is 0 Å². The van der Waals surface area contributed by atoms with Crippen molar-refractivity contribution in [2.24, 2.45) is 11.8 Å². The second-order valence-corrected chi connectivity index (χ2v) is 6.31. The van der Waals surface area contributed by atoms with Crippen molar-refractivity contribution < 1.29 is 18.6 Å². The van der Waals surface area contributed by atoms with Crippen molar-refractivity contribution in [2.45, 2.75) is 56.3 Å². The van der Waals surface area contributed by atoms with E-state index in [4.69, 9.17) is 14.2 Å². The van der Waals surface area contributed by atoms with Crippen LogP contribution in [0.4, 0.5) is 4.39 Å². The van der Waals surface area contributed by atoms with Crippen molar-refractivity contribution in [2.75, 3.05) is 0 Å². The van der Waals surface area contributed by atoms with Crippen LogP contribution in [0.1, 0.15) is 38.5 Å². The van der Waals surface area contributed by atoms with E-state index in [0.29, 0.717) is 31.1 Å². The van der Waals surface area contributed by atoms with Gasteiger partial charge in [-0.3, -0.25) is 0 Å². The van der Waals surface area contributed by atoms with E-state index in [0.717, 1.165) is 19.3 Å². The standard InChI is InChI=1S/C15H21FO3/c1-3-17-13(18-4-2)19-15-8-11-5-12(9-15)7-14(16,6-11)10-15/h3-4,11-13H,1-2,5-10H2. The Labute approximate surface area is 113 Å². The number of alkyl halides is 1. The molecule has 0 aromatic heterocycles. The van der Waals surface area contributed by atoms with Crippen molar-refractivity contribution in [1.29, 1.82) is 0 Å². The average Bonchev–Trinajstić information content (AvgIpc) is 2.25. The molecule has 0 radical (unpaired) electrons. The van der Waals surface area contributed by atoms with Crippen LogP contribution in [0.5, 0.6) is 0 Å². The van der Waals surface area contributed by atoms with E-state index in [-0.39, 0.29) is 0 Å². The second kappa shape index (κ2) is 4.51. The van der Waals surface area contributed by atoms with Crippen molar-refractivity contribution in [3.05, 3.63) is 25.7 Å². The van der Waals surface area contributed by atoms with E-state index >= 15 is 0 Å². The molecule has 2 unspecified atom stereocenters. The Morgan fingerprint density at radius 3 is 2.11 bits per heavy atom. The highest BCUT2D eigenvalue weighted by Gasteiger charge is 2.60. The Balaban J connectivity index is 1.75. The summed E-state index contributed by atoms with van der Waals surface area (Å²) in [7, 11) is 0. The lowest BCUT2D eigenvalue weighted by atomic mass is 9.53. The highest BCUT2D eigenvalue weighted by molar-refractivity contribution is 5.10. The van der Waals surface area contributed by atoms with Gasteiger partial charge in [0.1, 0.15) is 5.67 Å². The zero-order valence-corrected chi connectivity index (χ0v) is 11.1. The van der Waals surface area contributed by atoms with Crippen LogP contribution in [0.3, 0.4) is 0 Å². The van der Waals surface area contributed by atoms with Gasteiger partial charge in [-0.05, 0) is 43.9 Å². The average molecular weight is 268 g/mol. The Bertz CT molecular complexity index is 358. The number of ether oxygens (including phenoxy) is 3. The molecule has 0 aromatic rings. The Kier molecular flexibility index (Phi) is 3.08. The first kappa shape index (κ1) is 13.0. The minimum Gasteiger partial charge on any atom is -0.441 e. The summed E-state index contributed by atoms with van der Waals surface area (Å²) in [4.78, 5) is 0. The van der Waals surface area contributed by atoms with Crippen LogP contribution in [0, 0.1) is 11.8 Å². The third-order valence-corrected chi connectivity index (χ3v) is 4.70. The summed E-state index contributed by atoms with van der Waals surface area (Å²) < 4.78 is 31.1. The zero-order chi connectivity index (χ0) is 13.5. The molecule has 4 aliphatic rings. The Morgan fingerprint density at radius 2 is 1.63 bits per heavy atom. The molecule has 4 heteroatoms. The van der Waals surface area contributed by atoms with Crippen LogP contribution in [0.25, 0.3) is 0 Å². The molecule has 0 saturated heterocycles. The van der Waals surface area contributed by atoms with E-state index in [1.54, 1.807) is 0 Å². The predicted molar refractivity (Wildman–Crippen MR) is 68.7 cm³/mol.